The quantitative estimate of drug-likeness (QED) is 0.167. The molecule has 9 aromatic carbocycles. The molecule has 0 spiro atoms. The first-order valence-corrected chi connectivity index (χ1v) is 20.8. The predicted molar refractivity (Wildman–Crippen MR) is 245 cm³/mol. The van der Waals surface area contributed by atoms with E-state index >= 15 is 0 Å². The number of rotatable bonds is 6. The number of anilines is 6. The fourth-order valence-electron chi connectivity index (χ4n) is 9.88. The number of benzene rings is 9. The summed E-state index contributed by atoms with van der Waals surface area (Å²) in [7, 11) is 0. The molecule has 10 aromatic rings. The van der Waals surface area contributed by atoms with E-state index in [1.54, 1.807) is 0 Å². The van der Waals surface area contributed by atoms with Crippen LogP contribution in [0.2, 0.25) is 0 Å². The van der Waals surface area contributed by atoms with Gasteiger partial charge in [-0.1, -0.05) is 152 Å². The minimum Gasteiger partial charge on any atom is -0.310 e. The molecule has 0 saturated heterocycles. The van der Waals surface area contributed by atoms with E-state index in [1.165, 1.54) is 76.1 Å². The second-order valence-electron chi connectivity index (χ2n) is 15.2. The molecule has 2 heterocycles. The van der Waals surface area contributed by atoms with Gasteiger partial charge in [0.05, 0.1) is 16.8 Å². The Kier molecular flexibility index (Phi) is 7.35. The van der Waals surface area contributed by atoms with Crippen LogP contribution in [0.25, 0.3) is 42.4 Å². The lowest BCUT2D eigenvalue weighted by atomic mass is 9.64. The second-order valence-corrected chi connectivity index (χ2v) is 16.3. The zero-order valence-electron chi connectivity index (χ0n) is 31.6. The Labute approximate surface area is 342 Å². The van der Waals surface area contributed by atoms with E-state index in [0.717, 1.165) is 22.7 Å². The SMILES string of the molecule is c1ccc(-c2ccc3c4c2N(c2ccccc2)c2ccccc2C4(c2ccccc2)c2cc(N(c4ccccc4)c4ccc5sc6ccccc6c5c4)ccc2-3)cc1. The van der Waals surface area contributed by atoms with E-state index in [0.29, 0.717) is 0 Å². The maximum atomic E-state index is 2.52. The van der Waals surface area contributed by atoms with Crippen LogP contribution >= 0.6 is 11.3 Å². The topological polar surface area (TPSA) is 6.48 Å². The molecule has 2 aliphatic rings. The molecule has 2 nitrogen and oxygen atoms in total. The molecular weight excluding hydrogens is 721 g/mol. The monoisotopic (exact) mass is 756 g/mol. The molecule has 0 bridgehead atoms. The third-order valence-electron chi connectivity index (χ3n) is 12.2. The molecule has 1 aliphatic heterocycles. The maximum absolute atomic E-state index is 2.52. The first-order valence-electron chi connectivity index (χ1n) is 19.9. The Morgan fingerprint density at radius 3 is 1.83 bits per heavy atom. The summed E-state index contributed by atoms with van der Waals surface area (Å²) in [5.41, 5.74) is 16.5. The van der Waals surface area contributed by atoms with Gasteiger partial charge in [0, 0.05) is 54.0 Å². The van der Waals surface area contributed by atoms with Gasteiger partial charge in [0.25, 0.3) is 0 Å². The van der Waals surface area contributed by atoms with Crippen molar-refractivity contribution in [3.8, 4) is 22.3 Å². The van der Waals surface area contributed by atoms with Crippen molar-refractivity contribution < 1.29 is 0 Å². The van der Waals surface area contributed by atoms with E-state index in [1.807, 2.05) is 11.3 Å². The number of para-hydroxylation sites is 3. The van der Waals surface area contributed by atoms with Crippen LogP contribution in [0.5, 0.6) is 0 Å². The minimum absolute atomic E-state index is 0.597. The van der Waals surface area contributed by atoms with Gasteiger partial charge in [0.2, 0.25) is 0 Å². The van der Waals surface area contributed by atoms with Gasteiger partial charge in [-0.05, 0) is 100 Å². The molecule has 0 amide bonds. The number of fused-ring (bicyclic) bond motifs is 8. The van der Waals surface area contributed by atoms with Gasteiger partial charge in [-0.25, -0.2) is 0 Å². The molecule has 0 saturated carbocycles. The van der Waals surface area contributed by atoms with Gasteiger partial charge in [-0.2, -0.15) is 0 Å². The van der Waals surface area contributed by atoms with Crippen molar-refractivity contribution in [2.75, 3.05) is 9.80 Å². The van der Waals surface area contributed by atoms with Gasteiger partial charge < -0.3 is 9.80 Å². The molecule has 12 rings (SSSR count). The lowest BCUT2D eigenvalue weighted by Crippen LogP contribution is -2.36. The van der Waals surface area contributed by atoms with E-state index in [-0.39, 0.29) is 0 Å². The summed E-state index contributed by atoms with van der Waals surface area (Å²) < 4.78 is 2.61. The van der Waals surface area contributed by atoms with Crippen molar-refractivity contribution in [2.45, 2.75) is 5.41 Å². The smallest absolute Gasteiger partial charge is 0.0755 e. The average Bonchev–Trinajstić information content (AvgIpc) is 3.82. The Morgan fingerprint density at radius 2 is 1.02 bits per heavy atom. The zero-order valence-corrected chi connectivity index (χ0v) is 32.4. The van der Waals surface area contributed by atoms with Crippen LogP contribution < -0.4 is 9.80 Å². The fourth-order valence-corrected chi connectivity index (χ4v) is 11.0. The van der Waals surface area contributed by atoms with Crippen LogP contribution in [-0.2, 0) is 5.41 Å². The average molecular weight is 757 g/mol. The van der Waals surface area contributed by atoms with E-state index in [9.17, 15) is 0 Å². The van der Waals surface area contributed by atoms with Crippen molar-refractivity contribution in [2.24, 2.45) is 0 Å². The molecule has 0 N–H and O–H groups in total. The van der Waals surface area contributed by atoms with Crippen LogP contribution in [0, 0.1) is 0 Å². The summed E-state index contributed by atoms with van der Waals surface area (Å²) in [5, 5.41) is 2.59. The molecule has 1 atom stereocenters. The zero-order chi connectivity index (χ0) is 38.2. The highest BCUT2D eigenvalue weighted by Crippen LogP contribution is 2.66. The summed E-state index contributed by atoms with van der Waals surface area (Å²) in [6, 6.07) is 80.6. The fraction of sp³-hybridized carbons (Fsp3) is 0.0182. The molecule has 3 heteroatoms. The lowest BCUT2D eigenvalue weighted by molar-refractivity contribution is 0.754. The molecular formula is C55H36N2S. The van der Waals surface area contributed by atoms with Gasteiger partial charge in [-0.15, -0.1) is 11.3 Å². The molecule has 0 fully saturated rings. The van der Waals surface area contributed by atoms with E-state index < -0.39 is 5.41 Å². The maximum Gasteiger partial charge on any atom is 0.0755 e. The lowest BCUT2D eigenvalue weighted by Gasteiger charge is -2.45. The van der Waals surface area contributed by atoms with Crippen LogP contribution in [0.4, 0.5) is 34.1 Å². The van der Waals surface area contributed by atoms with Crippen molar-refractivity contribution in [1.82, 2.24) is 0 Å². The van der Waals surface area contributed by atoms with Crippen molar-refractivity contribution in [3.63, 3.8) is 0 Å². The van der Waals surface area contributed by atoms with E-state index in [4.69, 9.17) is 0 Å². The van der Waals surface area contributed by atoms with Crippen LogP contribution in [-0.4, -0.2) is 0 Å². The highest BCUT2D eigenvalue weighted by molar-refractivity contribution is 7.25. The molecule has 272 valence electrons. The van der Waals surface area contributed by atoms with Crippen molar-refractivity contribution in [1.29, 1.82) is 0 Å². The Bertz CT molecular complexity index is 3170. The third-order valence-corrected chi connectivity index (χ3v) is 13.4. The van der Waals surface area contributed by atoms with Gasteiger partial charge in [0.1, 0.15) is 0 Å². The van der Waals surface area contributed by atoms with Gasteiger partial charge in [-0.3, -0.25) is 0 Å². The highest BCUT2D eigenvalue weighted by Gasteiger charge is 2.53. The van der Waals surface area contributed by atoms with Crippen molar-refractivity contribution in [3.05, 3.63) is 241 Å². The largest absolute Gasteiger partial charge is 0.310 e. The summed E-state index contributed by atoms with van der Waals surface area (Å²) in [6.45, 7) is 0. The summed E-state index contributed by atoms with van der Waals surface area (Å²) in [4.78, 5) is 4.95. The normalized spacial score (nSPS) is 14.9. The number of thiophene rings is 1. The minimum atomic E-state index is -0.597. The second kappa shape index (κ2) is 12.9. The van der Waals surface area contributed by atoms with Crippen LogP contribution in [0.1, 0.15) is 22.3 Å². The molecule has 58 heavy (non-hydrogen) atoms. The summed E-state index contributed by atoms with van der Waals surface area (Å²) in [6.07, 6.45) is 0. The number of hydrogen-bond donors (Lipinski definition) is 0. The predicted octanol–water partition coefficient (Wildman–Crippen LogP) is 15.3. The number of nitrogens with zero attached hydrogens (tertiary/aromatic N) is 2. The van der Waals surface area contributed by atoms with E-state index in [2.05, 4.69) is 228 Å². The third kappa shape index (κ3) is 4.71. The molecule has 0 radical (unpaired) electrons. The number of hydrogen-bond acceptors (Lipinski definition) is 3. The summed E-state index contributed by atoms with van der Waals surface area (Å²) in [5.74, 6) is 0. The van der Waals surface area contributed by atoms with Crippen LogP contribution in [0.3, 0.4) is 0 Å². The Hall–Kier alpha value is -7.20. The molecule has 1 unspecified atom stereocenters. The first kappa shape index (κ1) is 33.0. The Morgan fingerprint density at radius 1 is 0.414 bits per heavy atom. The van der Waals surface area contributed by atoms with Crippen LogP contribution in [0.15, 0.2) is 218 Å². The van der Waals surface area contributed by atoms with Gasteiger partial charge >= 0.3 is 0 Å². The highest BCUT2D eigenvalue weighted by atomic mass is 32.1. The van der Waals surface area contributed by atoms with Crippen molar-refractivity contribution >= 4 is 65.6 Å². The Balaban J connectivity index is 1.18. The standard InChI is InChI=1S/C55H36N2S/c1-5-17-37(18-6-1)43-32-33-46-44-31-29-42(56(39-21-9-3-10-22-39)41-30-34-52-47(35-41)45-25-13-16-28-51(45)58-52)36-49(44)55(38-19-7-2-8-20-38)48-26-14-15-27-50(48)57(54(43)53(46)55)40-23-11-4-12-24-40/h1-36H. The summed E-state index contributed by atoms with van der Waals surface area (Å²) >= 11 is 1.86. The van der Waals surface area contributed by atoms with Gasteiger partial charge in [0.15, 0.2) is 0 Å². The molecule has 1 aliphatic carbocycles. The molecule has 1 aromatic heterocycles. The first-order chi connectivity index (χ1) is 28.8.